The fourth-order valence-corrected chi connectivity index (χ4v) is 4.80. The van der Waals surface area contributed by atoms with Gasteiger partial charge in [-0.05, 0) is 61.2 Å². The highest BCUT2D eigenvalue weighted by atomic mass is 32.2. The number of fused-ring (bicyclic) bond motifs is 1. The van der Waals surface area contributed by atoms with E-state index in [2.05, 4.69) is 4.72 Å². The number of sulfonamides is 1. The maximum absolute atomic E-state index is 12.8. The van der Waals surface area contributed by atoms with Crippen molar-refractivity contribution < 1.29 is 22.6 Å². The molecule has 1 aliphatic carbocycles. The second-order valence-corrected chi connectivity index (χ2v) is 8.83. The largest absolute Gasteiger partial charge is 0.497 e. The smallest absolute Gasteiger partial charge is 0.240 e. The topological polar surface area (TPSA) is 73.9 Å². The number of rotatable bonds is 6. The highest BCUT2D eigenvalue weighted by molar-refractivity contribution is 7.89. The molecular formula is C20H23NO5S. The number of nitrogens with one attached hydrogen (secondary N) is 1. The van der Waals surface area contributed by atoms with Crippen LogP contribution in [0.25, 0.3) is 0 Å². The average Bonchev–Trinajstić information content (AvgIpc) is 3.47. The van der Waals surface area contributed by atoms with E-state index in [4.69, 9.17) is 14.2 Å². The van der Waals surface area contributed by atoms with Crippen molar-refractivity contribution >= 4 is 10.0 Å². The fourth-order valence-electron chi connectivity index (χ4n) is 3.45. The lowest BCUT2D eigenvalue weighted by molar-refractivity contribution is 0.171. The predicted octanol–water partition coefficient (Wildman–Crippen LogP) is 2.78. The minimum absolute atomic E-state index is 0.177. The van der Waals surface area contributed by atoms with Crippen LogP contribution in [0.4, 0.5) is 0 Å². The van der Waals surface area contributed by atoms with Crippen molar-refractivity contribution in [3.63, 3.8) is 0 Å². The van der Waals surface area contributed by atoms with Gasteiger partial charge in [-0.15, -0.1) is 0 Å². The Hall–Kier alpha value is -2.25. The first kappa shape index (κ1) is 18.1. The van der Waals surface area contributed by atoms with Gasteiger partial charge in [0.25, 0.3) is 0 Å². The average molecular weight is 389 g/mol. The molecule has 2 aromatic rings. The lowest BCUT2D eigenvalue weighted by Crippen LogP contribution is -2.32. The van der Waals surface area contributed by atoms with E-state index in [-0.39, 0.29) is 10.3 Å². The summed E-state index contributed by atoms with van der Waals surface area (Å²) in [6.07, 6.45) is 1.88. The molecule has 1 fully saturated rings. The van der Waals surface area contributed by atoms with Crippen LogP contribution in [0.3, 0.4) is 0 Å². The molecule has 1 aliphatic heterocycles. The van der Waals surface area contributed by atoms with Crippen LogP contribution in [0.5, 0.6) is 17.2 Å². The number of methoxy groups -OCH3 is 1. The number of ether oxygens (including phenoxy) is 3. The van der Waals surface area contributed by atoms with Gasteiger partial charge < -0.3 is 14.2 Å². The van der Waals surface area contributed by atoms with Gasteiger partial charge in [-0.25, -0.2) is 13.1 Å². The Morgan fingerprint density at radius 3 is 2.48 bits per heavy atom. The summed E-state index contributed by atoms with van der Waals surface area (Å²) in [6, 6.07) is 10.9. The molecule has 0 bridgehead atoms. The first-order valence-corrected chi connectivity index (χ1v) is 10.5. The van der Waals surface area contributed by atoms with Crippen molar-refractivity contribution in [2.75, 3.05) is 26.9 Å². The Morgan fingerprint density at radius 1 is 1.07 bits per heavy atom. The molecule has 0 atom stereocenters. The summed E-state index contributed by atoms with van der Waals surface area (Å²) < 4.78 is 44.8. The molecule has 2 aromatic carbocycles. The van der Waals surface area contributed by atoms with Gasteiger partial charge in [0, 0.05) is 12.0 Å². The SMILES string of the molecule is COc1ccc(S(=O)(=O)NCC2(c3ccc4c(c3)OCCO4)CC2)c(C)c1. The maximum atomic E-state index is 12.8. The zero-order chi connectivity index (χ0) is 19.1. The molecule has 0 saturated heterocycles. The second kappa shape index (κ2) is 6.73. The summed E-state index contributed by atoms with van der Waals surface area (Å²) in [6.45, 7) is 3.22. The molecule has 1 N–H and O–H groups in total. The van der Waals surface area contributed by atoms with Crippen molar-refractivity contribution in [1.29, 1.82) is 0 Å². The zero-order valence-corrected chi connectivity index (χ0v) is 16.3. The molecule has 7 heteroatoms. The molecule has 1 heterocycles. The summed E-state index contributed by atoms with van der Waals surface area (Å²) in [5, 5.41) is 0. The molecule has 1 saturated carbocycles. The number of hydrogen-bond acceptors (Lipinski definition) is 5. The van der Waals surface area contributed by atoms with E-state index >= 15 is 0 Å². The third-order valence-electron chi connectivity index (χ3n) is 5.28. The van der Waals surface area contributed by atoms with E-state index in [1.54, 1.807) is 32.2 Å². The molecule has 0 radical (unpaired) electrons. The van der Waals surface area contributed by atoms with Gasteiger partial charge in [-0.1, -0.05) is 6.07 Å². The quantitative estimate of drug-likeness (QED) is 0.822. The van der Waals surface area contributed by atoms with Gasteiger partial charge >= 0.3 is 0 Å². The summed E-state index contributed by atoms with van der Waals surface area (Å²) in [7, 11) is -2.04. The van der Waals surface area contributed by atoms with Crippen LogP contribution < -0.4 is 18.9 Å². The first-order valence-electron chi connectivity index (χ1n) is 8.98. The van der Waals surface area contributed by atoms with Crippen molar-refractivity contribution in [1.82, 2.24) is 4.72 Å². The van der Waals surface area contributed by atoms with E-state index in [0.29, 0.717) is 31.1 Å². The molecule has 6 nitrogen and oxygen atoms in total. The molecule has 144 valence electrons. The fraction of sp³-hybridized carbons (Fsp3) is 0.400. The van der Waals surface area contributed by atoms with Crippen LogP contribution >= 0.6 is 0 Å². The second-order valence-electron chi connectivity index (χ2n) is 7.09. The van der Waals surface area contributed by atoms with Crippen LogP contribution in [0.15, 0.2) is 41.3 Å². The van der Waals surface area contributed by atoms with E-state index in [1.807, 2.05) is 18.2 Å². The summed E-state index contributed by atoms with van der Waals surface area (Å²) in [4.78, 5) is 0.279. The Balaban J connectivity index is 1.52. The van der Waals surface area contributed by atoms with E-state index in [1.165, 1.54) is 0 Å². The highest BCUT2D eigenvalue weighted by Gasteiger charge is 2.45. The van der Waals surface area contributed by atoms with Crippen LogP contribution in [0, 0.1) is 6.92 Å². The van der Waals surface area contributed by atoms with Gasteiger partial charge in [-0.2, -0.15) is 0 Å². The molecule has 0 amide bonds. The maximum Gasteiger partial charge on any atom is 0.240 e. The van der Waals surface area contributed by atoms with Gasteiger partial charge in [0.15, 0.2) is 11.5 Å². The van der Waals surface area contributed by atoms with Crippen molar-refractivity contribution in [2.24, 2.45) is 0 Å². The van der Waals surface area contributed by atoms with E-state index < -0.39 is 10.0 Å². The lowest BCUT2D eigenvalue weighted by Gasteiger charge is -2.22. The zero-order valence-electron chi connectivity index (χ0n) is 15.4. The number of aryl methyl sites for hydroxylation is 1. The van der Waals surface area contributed by atoms with Gasteiger partial charge in [-0.3, -0.25) is 0 Å². The Kier molecular flexibility index (Phi) is 4.52. The third-order valence-corrected chi connectivity index (χ3v) is 6.84. The van der Waals surface area contributed by atoms with E-state index in [9.17, 15) is 8.42 Å². The van der Waals surface area contributed by atoms with Crippen LogP contribution in [-0.2, 0) is 15.4 Å². The molecule has 0 aromatic heterocycles. The highest BCUT2D eigenvalue weighted by Crippen LogP contribution is 2.49. The lowest BCUT2D eigenvalue weighted by atomic mass is 9.96. The van der Waals surface area contributed by atoms with Gasteiger partial charge in [0.2, 0.25) is 10.0 Å². The minimum Gasteiger partial charge on any atom is -0.497 e. The standard InChI is InChI=1S/C20H23NO5S/c1-14-11-16(24-2)4-6-19(14)27(22,23)21-13-20(7-8-20)15-3-5-17-18(12-15)26-10-9-25-17/h3-6,11-12,21H,7-10,13H2,1-2H3. The van der Waals surface area contributed by atoms with E-state index in [0.717, 1.165) is 29.9 Å². The molecule has 4 rings (SSSR count). The predicted molar refractivity (Wildman–Crippen MR) is 101 cm³/mol. The molecule has 0 unspecified atom stereocenters. The minimum atomic E-state index is -3.60. The Bertz CT molecular complexity index is 966. The van der Waals surface area contributed by atoms with Gasteiger partial charge in [0.05, 0.1) is 12.0 Å². The molecule has 2 aliphatic rings. The number of benzene rings is 2. The summed E-state index contributed by atoms with van der Waals surface area (Å²) in [5.41, 5.74) is 1.57. The molecule has 27 heavy (non-hydrogen) atoms. The Labute approximate surface area is 159 Å². The third kappa shape index (κ3) is 3.49. The first-order chi connectivity index (χ1) is 12.9. The van der Waals surface area contributed by atoms with Gasteiger partial charge in [0.1, 0.15) is 19.0 Å². The van der Waals surface area contributed by atoms with Crippen LogP contribution in [0.1, 0.15) is 24.0 Å². The van der Waals surface area contributed by atoms with Crippen molar-refractivity contribution in [3.05, 3.63) is 47.5 Å². The summed E-state index contributed by atoms with van der Waals surface area (Å²) >= 11 is 0. The Morgan fingerprint density at radius 2 is 1.81 bits per heavy atom. The van der Waals surface area contributed by atoms with Crippen LogP contribution in [-0.4, -0.2) is 35.3 Å². The van der Waals surface area contributed by atoms with Crippen molar-refractivity contribution in [3.8, 4) is 17.2 Å². The summed E-state index contributed by atoms with van der Waals surface area (Å²) in [5.74, 6) is 2.12. The number of hydrogen-bond donors (Lipinski definition) is 1. The van der Waals surface area contributed by atoms with Crippen molar-refractivity contribution in [2.45, 2.75) is 30.1 Å². The normalized spacial score (nSPS) is 17.4. The van der Waals surface area contributed by atoms with Crippen LogP contribution in [0.2, 0.25) is 0 Å². The molecule has 0 spiro atoms. The molecular weight excluding hydrogens is 366 g/mol. The monoisotopic (exact) mass is 389 g/mol.